The topological polar surface area (TPSA) is 54.4 Å². The van der Waals surface area contributed by atoms with E-state index in [2.05, 4.69) is 52.0 Å². The van der Waals surface area contributed by atoms with Gasteiger partial charge in [0, 0.05) is 11.1 Å². The number of carbonyl (C=O) groups excluding carboxylic acids is 2. The summed E-state index contributed by atoms with van der Waals surface area (Å²) in [5.74, 6) is -0.118. The Morgan fingerprint density at radius 2 is 1.40 bits per heavy atom. The highest BCUT2D eigenvalue weighted by molar-refractivity contribution is 6.19. The molecule has 1 rings (SSSR count). The second-order valence-electron chi connectivity index (χ2n) is 8.45. The fourth-order valence-electron chi connectivity index (χ4n) is 3.19. The summed E-state index contributed by atoms with van der Waals surface area (Å²) in [6, 6.07) is 0. The quantitative estimate of drug-likeness (QED) is 0.294. The molecule has 0 aromatic rings. The van der Waals surface area contributed by atoms with Crippen molar-refractivity contribution in [2.24, 2.45) is 0 Å². The Morgan fingerprint density at radius 3 is 2.03 bits per heavy atom. The first-order valence-corrected chi connectivity index (χ1v) is 10.9. The molecule has 1 aliphatic carbocycles. The van der Waals surface area contributed by atoms with Gasteiger partial charge in [-0.25, -0.2) is 0 Å². The molecule has 0 atom stereocenters. The van der Waals surface area contributed by atoms with Crippen molar-refractivity contribution >= 4 is 11.6 Å². The van der Waals surface area contributed by atoms with E-state index >= 15 is 0 Å². The van der Waals surface area contributed by atoms with Gasteiger partial charge in [0.15, 0.2) is 11.6 Å². The Morgan fingerprint density at radius 1 is 0.800 bits per heavy atom. The molecule has 0 amide bonds. The minimum absolute atomic E-state index is 0.0527. The highest BCUT2D eigenvalue weighted by Gasteiger charge is 2.16. The van der Waals surface area contributed by atoms with Crippen LogP contribution in [0.5, 0.6) is 0 Å². The van der Waals surface area contributed by atoms with Gasteiger partial charge in [-0.05, 0) is 97.3 Å². The van der Waals surface area contributed by atoms with Crippen LogP contribution in [-0.4, -0.2) is 23.3 Å². The predicted octanol–water partition coefficient (Wildman–Crippen LogP) is 6.52. The van der Waals surface area contributed by atoms with Gasteiger partial charge in [0.2, 0.25) is 0 Å². The van der Waals surface area contributed by atoms with E-state index in [0.29, 0.717) is 17.6 Å². The lowest BCUT2D eigenvalue weighted by atomic mass is 9.95. The minimum atomic E-state index is -0.0652. The summed E-state index contributed by atoms with van der Waals surface area (Å²) in [5, 5.41) is 9.49. The summed E-state index contributed by atoms with van der Waals surface area (Å²) in [4.78, 5) is 23.7. The molecule has 0 aromatic carbocycles. The van der Waals surface area contributed by atoms with Crippen molar-refractivity contribution in [2.45, 2.75) is 79.6 Å². The van der Waals surface area contributed by atoms with Gasteiger partial charge in [-0.1, -0.05) is 41.0 Å². The molecule has 3 nitrogen and oxygen atoms in total. The van der Waals surface area contributed by atoms with Crippen molar-refractivity contribution in [3.05, 3.63) is 69.9 Å². The second kappa shape index (κ2) is 13.9. The van der Waals surface area contributed by atoms with E-state index in [4.69, 9.17) is 0 Å². The lowest BCUT2D eigenvalue weighted by Gasteiger charge is -2.08. The van der Waals surface area contributed by atoms with Crippen molar-refractivity contribution in [1.29, 1.82) is 0 Å². The molecule has 1 aliphatic rings. The van der Waals surface area contributed by atoms with Gasteiger partial charge in [-0.2, -0.15) is 0 Å². The van der Waals surface area contributed by atoms with Crippen molar-refractivity contribution in [3.8, 4) is 0 Å². The van der Waals surface area contributed by atoms with Crippen molar-refractivity contribution in [3.63, 3.8) is 0 Å². The number of allylic oxidation sites excluding steroid dienone is 11. The molecule has 30 heavy (non-hydrogen) atoms. The molecular formula is C27H38O3. The highest BCUT2D eigenvalue weighted by Crippen LogP contribution is 2.18. The van der Waals surface area contributed by atoms with Gasteiger partial charge in [0.1, 0.15) is 0 Å². The van der Waals surface area contributed by atoms with Gasteiger partial charge in [-0.3, -0.25) is 9.59 Å². The zero-order valence-corrected chi connectivity index (χ0v) is 19.4. The zero-order valence-electron chi connectivity index (χ0n) is 19.4. The SMILES string of the molecule is CC(C)=CCC/C(=C/CC/C(C)=C/CC/C(C)=C/CC1=CC(=O)C(C)=CC1=O)CO. The number of ketones is 2. The van der Waals surface area contributed by atoms with Crippen LogP contribution in [0.15, 0.2) is 69.9 Å². The van der Waals surface area contributed by atoms with Crippen LogP contribution in [0.2, 0.25) is 0 Å². The van der Waals surface area contributed by atoms with E-state index in [9.17, 15) is 14.7 Å². The molecule has 0 unspecified atom stereocenters. The fraction of sp³-hybridized carbons (Fsp3) is 0.481. The smallest absolute Gasteiger partial charge is 0.182 e. The summed E-state index contributed by atoms with van der Waals surface area (Å²) in [6.45, 7) is 10.2. The summed E-state index contributed by atoms with van der Waals surface area (Å²) >= 11 is 0. The molecule has 0 aliphatic heterocycles. The monoisotopic (exact) mass is 410 g/mol. The molecule has 164 valence electrons. The predicted molar refractivity (Wildman–Crippen MR) is 126 cm³/mol. The number of hydrogen-bond donors (Lipinski definition) is 1. The Hall–Kier alpha value is -2.26. The third-order valence-electron chi connectivity index (χ3n) is 5.25. The first-order chi connectivity index (χ1) is 14.2. The van der Waals surface area contributed by atoms with Crippen LogP contribution < -0.4 is 0 Å². The van der Waals surface area contributed by atoms with Crippen molar-refractivity contribution in [2.75, 3.05) is 6.61 Å². The van der Waals surface area contributed by atoms with E-state index in [0.717, 1.165) is 44.1 Å². The van der Waals surface area contributed by atoms with Crippen LogP contribution in [0.4, 0.5) is 0 Å². The third-order valence-corrected chi connectivity index (χ3v) is 5.25. The lowest BCUT2D eigenvalue weighted by Crippen LogP contribution is -2.11. The molecule has 0 bridgehead atoms. The first-order valence-electron chi connectivity index (χ1n) is 10.9. The number of aliphatic hydroxyl groups is 1. The Bertz CT molecular complexity index is 794. The number of aliphatic hydroxyl groups excluding tert-OH is 1. The van der Waals surface area contributed by atoms with Crippen molar-refractivity contribution in [1.82, 2.24) is 0 Å². The molecule has 0 fully saturated rings. The normalized spacial score (nSPS) is 15.9. The Kier molecular flexibility index (Phi) is 11.9. The average Bonchev–Trinajstić information content (AvgIpc) is 2.68. The number of hydrogen-bond acceptors (Lipinski definition) is 3. The van der Waals surface area contributed by atoms with Crippen LogP contribution in [0.3, 0.4) is 0 Å². The molecule has 0 heterocycles. The Balaban J connectivity index is 2.40. The molecule has 0 saturated heterocycles. The first kappa shape index (κ1) is 25.8. The number of carbonyl (C=O) groups is 2. The van der Waals surface area contributed by atoms with Gasteiger partial charge in [-0.15, -0.1) is 0 Å². The van der Waals surface area contributed by atoms with E-state index in [1.165, 1.54) is 28.9 Å². The van der Waals surface area contributed by atoms with Crippen molar-refractivity contribution < 1.29 is 14.7 Å². The van der Waals surface area contributed by atoms with Gasteiger partial charge < -0.3 is 5.11 Å². The summed E-state index contributed by atoms with van der Waals surface area (Å²) in [7, 11) is 0. The van der Waals surface area contributed by atoms with E-state index in [1.54, 1.807) is 6.92 Å². The molecule has 0 saturated carbocycles. The lowest BCUT2D eigenvalue weighted by molar-refractivity contribution is -0.115. The maximum atomic E-state index is 12.0. The fourth-order valence-corrected chi connectivity index (χ4v) is 3.19. The summed E-state index contributed by atoms with van der Waals surface area (Å²) < 4.78 is 0. The average molecular weight is 411 g/mol. The highest BCUT2D eigenvalue weighted by atomic mass is 16.3. The van der Waals surface area contributed by atoms with E-state index in [1.807, 2.05) is 0 Å². The summed E-state index contributed by atoms with van der Waals surface area (Å²) in [6.07, 6.45) is 17.9. The minimum Gasteiger partial charge on any atom is -0.392 e. The van der Waals surface area contributed by atoms with Crippen LogP contribution >= 0.6 is 0 Å². The molecule has 0 radical (unpaired) electrons. The van der Waals surface area contributed by atoms with Crippen LogP contribution in [-0.2, 0) is 9.59 Å². The maximum Gasteiger partial charge on any atom is 0.182 e. The Labute approximate surface area is 182 Å². The van der Waals surface area contributed by atoms with Gasteiger partial charge >= 0.3 is 0 Å². The molecule has 0 spiro atoms. The third kappa shape index (κ3) is 10.5. The van der Waals surface area contributed by atoms with Gasteiger partial charge in [0.25, 0.3) is 0 Å². The van der Waals surface area contributed by atoms with Crippen LogP contribution in [0, 0.1) is 0 Å². The molecule has 3 heteroatoms. The molecule has 1 N–H and O–H groups in total. The number of rotatable bonds is 12. The summed E-state index contributed by atoms with van der Waals surface area (Å²) in [5.41, 5.74) is 6.11. The zero-order chi connectivity index (χ0) is 22.5. The van der Waals surface area contributed by atoms with E-state index in [-0.39, 0.29) is 18.2 Å². The van der Waals surface area contributed by atoms with E-state index < -0.39 is 0 Å². The van der Waals surface area contributed by atoms with Gasteiger partial charge in [0.05, 0.1) is 6.61 Å². The van der Waals surface area contributed by atoms with Crippen LogP contribution in [0.1, 0.15) is 79.6 Å². The molecule has 0 aromatic heterocycles. The molecular weight excluding hydrogens is 372 g/mol. The van der Waals surface area contributed by atoms with Crippen LogP contribution in [0.25, 0.3) is 0 Å². The second-order valence-corrected chi connectivity index (χ2v) is 8.45. The largest absolute Gasteiger partial charge is 0.392 e. The maximum absolute atomic E-state index is 12.0. The standard InChI is InChI=1S/C27H38O3/c1-20(2)9-6-13-24(19-28)14-8-12-21(3)10-7-11-22(4)15-16-25-18-26(29)23(5)17-27(25)30/h9-10,14-15,17-18,28H,6-8,11-13,16,19H2,1-5H3/b21-10+,22-15+,24-14-.